The first-order valence-electron chi connectivity index (χ1n) is 7.55. The van der Waals surface area contributed by atoms with E-state index in [-0.39, 0.29) is 18.1 Å². The second kappa shape index (κ2) is 6.45. The van der Waals surface area contributed by atoms with E-state index < -0.39 is 6.10 Å². The molecule has 1 aromatic carbocycles. The predicted octanol–water partition coefficient (Wildman–Crippen LogP) is 2.20. The van der Waals surface area contributed by atoms with Crippen LogP contribution in [0.5, 0.6) is 5.75 Å². The zero-order valence-electron chi connectivity index (χ0n) is 12.2. The zero-order valence-corrected chi connectivity index (χ0v) is 12.2. The van der Waals surface area contributed by atoms with Crippen LogP contribution in [0.25, 0.3) is 0 Å². The summed E-state index contributed by atoms with van der Waals surface area (Å²) in [5.74, 6) is 0.645. The fourth-order valence-electron chi connectivity index (χ4n) is 2.79. The molecule has 3 rings (SSSR count). The Kier molecular flexibility index (Phi) is 4.41. The first-order valence-corrected chi connectivity index (χ1v) is 7.55. The van der Waals surface area contributed by atoms with Gasteiger partial charge in [-0.15, -0.1) is 0 Å². The number of nitrogens with one attached hydrogen (secondary N) is 1. The fourth-order valence-corrected chi connectivity index (χ4v) is 2.79. The molecule has 3 atom stereocenters. The molecular weight excluding hydrogens is 270 g/mol. The Morgan fingerprint density at radius 1 is 1.33 bits per heavy atom. The van der Waals surface area contributed by atoms with Crippen LogP contribution in [-0.2, 0) is 20.8 Å². The highest BCUT2D eigenvalue weighted by molar-refractivity contribution is 5.80. The summed E-state index contributed by atoms with van der Waals surface area (Å²) in [6.45, 7) is 2.70. The zero-order chi connectivity index (χ0) is 14.7. The van der Waals surface area contributed by atoms with Crippen molar-refractivity contribution >= 4 is 5.91 Å². The van der Waals surface area contributed by atoms with E-state index in [2.05, 4.69) is 5.48 Å². The minimum Gasteiger partial charge on any atom is -0.480 e. The Balaban J connectivity index is 1.57. The molecule has 5 nitrogen and oxygen atoms in total. The summed E-state index contributed by atoms with van der Waals surface area (Å²) in [6, 6.07) is 7.83. The number of para-hydroxylation sites is 1. The number of amides is 1. The Labute approximate surface area is 124 Å². The van der Waals surface area contributed by atoms with E-state index in [1.54, 1.807) is 0 Å². The number of benzene rings is 1. The van der Waals surface area contributed by atoms with Gasteiger partial charge in [-0.05, 0) is 30.9 Å². The fraction of sp³-hybridized carbons (Fsp3) is 0.562. The summed E-state index contributed by atoms with van der Waals surface area (Å²) < 4.78 is 11.2. The monoisotopic (exact) mass is 291 g/mol. The van der Waals surface area contributed by atoms with Crippen molar-refractivity contribution in [2.75, 3.05) is 6.61 Å². The van der Waals surface area contributed by atoms with Crippen molar-refractivity contribution in [3.63, 3.8) is 0 Å². The molecule has 1 saturated heterocycles. The molecule has 2 unspecified atom stereocenters. The molecule has 1 aromatic rings. The Hall–Kier alpha value is -1.59. The molecule has 2 heterocycles. The first-order chi connectivity index (χ1) is 10.2. The Morgan fingerprint density at radius 2 is 2.19 bits per heavy atom. The van der Waals surface area contributed by atoms with Crippen molar-refractivity contribution in [3.05, 3.63) is 29.8 Å². The standard InChI is InChI=1S/C16H21NO4/c1-11-10-12-6-2-3-7-13(12)20-15(11)16(18)17-21-14-8-4-5-9-19-14/h2-3,6-7,11,14-15H,4-5,8-10H2,1H3,(H,17,18)/t11-,14?,15?/m1/s1. The van der Waals surface area contributed by atoms with Gasteiger partial charge in [0.05, 0.1) is 0 Å². The van der Waals surface area contributed by atoms with E-state index in [4.69, 9.17) is 14.3 Å². The summed E-state index contributed by atoms with van der Waals surface area (Å²) in [6.07, 6.45) is 2.88. The molecule has 0 radical (unpaired) electrons. The quantitative estimate of drug-likeness (QED) is 0.867. The minimum absolute atomic E-state index is 0.107. The molecule has 0 aromatic heterocycles. The smallest absolute Gasteiger partial charge is 0.284 e. The lowest BCUT2D eigenvalue weighted by atomic mass is 9.92. The summed E-state index contributed by atoms with van der Waals surface area (Å²) >= 11 is 0. The van der Waals surface area contributed by atoms with E-state index >= 15 is 0 Å². The number of hydrogen-bond donors (Lipinski definition) is 1. The lowest BCUT2D eigenvalue weighted by Crippen LogP contribution is -2.46. The molecule has 0 spiro atoms. The number of fused-ring (bicyclic) bond motifs is 1. The van der Waals surface area contributed by atoms with Crippen LogP contribution in [0, 0.1) is 5.92 Å². The van der Waals surface area contributed by atoms with Crippen LogP contribution in [0.4, 0.5) is 0 Å². The Morgan fingerprint density at radius 3 is 3.00 bits per heavy atom. The van der Waals surface area contributed by atoms with Crippen molar-refractivity contribution in [2.24, 2.45) is 5.92 Å². The normalized spacial score (nSPS) is 28.3. The molecule has 2 aliphatic rings. The van der Waals surface area contributed by atoms with Crippen molar-refractivity contribution in [1.29, 1.82) is 0 Å². The van der Waals surface area contributed by atoms with Crippen LogP contribution in [0.15, 0.2) is 24.3 Å². The van der Waals surface area contributed by atoms with Gasteiger partial charge in [0.2, 0.25) is 0 Å². The third kappa shape index (κ3) is 3.36. The van der Waals surface area contributed by atoms with Gasteiger partial charge in [0.15, 0.2) is 12.4 Å². The maximum atomic E-state index is 12.2. The summed E-state index contributed by atoms with van der Waals surface area (Å²) in [5.41, 5.74) is 3.64. The molecule has 21 heavy (non-hydrogen) atoms. The SMILES string of the molecule is C[C@@H]1Cc2ccccc2OC1C(=O)NOC1CCCCO1. The molecule has 1 amide bonds. The topological polar surface area (TPSA) is 56.8 Å². The highest BCUT2D eigenvalue weighted by Crippen LogP contribution is 2.30. The molecule has 1 N–H and O–H groups in total. The highest BCUT2D eigenvalue weighted by Gasteiger charge is 2.33. The van der Waals surface area contributed by atoms with E-state index in [1.165, 1.54) is 0 Å². The van der Waals surface area contributed by atoms with Gasteiger partial charge in [0.1, 0.15) is 5.75 Å². The van der Waals surface area contributed by atoms with Gasteiger partial charge in [0, 0.05) is 18.9 Å². The molecule has 1 fully saturated rings. The summed E-state index contributed by atoms with van der Waals surface area (Å²) in [5, 5.41) is 0. The van der Waals surface area contributed by atoms with E-state index in [0.29, 0.717) is 6.61 Å². The third-order valence-corrected chi connectivity index (χ3v) is 3.97. The van der Waals surface area contributed by atoms with Crippen molar-refractivity contribution in [3.8, 4) is 5.75 Å². The molecule has 0 saturated carbocycles. The number of hydrogen-bond acceptors (Lipinski definition) is 4. The lowest BCUT2D eigenvalue weighted by molar-refractivity contribution is -0.204. The summed E-state index contributed by atoms with van der Waals surface area (Å²) in [4.78, 5) is 17.6. The van der Waals surface area contributed by atoms with E-state index in [1.807, 2.05) is 31.2 Å². The summed E-state index contributed by atoms with van der Waals surface area (Å²) in [7, 11) is 0. The highest BCUT2D eigenvalue weighted by atomic mass is 16.8. The van der Waals surface area contributed by atoms with Crippen LogP contribution in [-0.4, -0.2) is 24.9 Å². The van der Waals surface area contributed by atoms with Crippen LogP contribution >= 0.6 is 0 Å². The first kappa shape index (κ1) is 14.4. The third-order valence-electron chi connectivity index (χ3n) is 3.97. The van der Waals surface area contributed by atoms with Crippen LogP contribution in [0.1, 0.15) is 31.7 Å². The molecule has 2 aliphatic heterocycles. The van der Waals surface area contributed by atoms with E-state index in [9.17, 15) is 4.79 Å². The average Bonchev–Trinajstić information content (AvgIpc) is 2.53. The number of hydroxylamine groups is 1. The minimum atomic E-state index is -0.525. The van der Waals surface area contributed by atoms with Crippen molar-refractivity contribution in [1.82, 2.24) is 5.48 Å². The van der Waals surface area contributed by atoms with Gasteiger partial charge >= 0.3 is 0 Å². The van der Waals surface area contributed by atoms with Crippen molar-refractivity contribution < 1.29 is 19.1 Å². The van der Waals surface area contributed by atoms with Crippen LogP contribution < -0.4 is 10.2 Å². The average molecular weight is 291 g/mol. The molecule has 0 aliphatic carbocycles. The molecule has 0 bridgehead atoms. The van der Waals surface area contributed by atoms with Gasteiger partial charge in [-0.1, -0.05) is 25.1 Å². The maximum Gasteiger partial charge on any atom is 0.284 e. The molecular formula is C16H21NO4. The lowest BCUT2D eigenvalue weighted by Gasteiger charge is -2.31. The van der Waals surface area contributed by atoms with Gasteiger partial charge < -0.3 is 9.47 Å². The number of rotatable bonds is 3. The number of ether oxygens (including phenoxy) is 2. The van der Waals surface area contributed by atoms with Gasteiger partial charge in [0.25, 0.3) is 5.91 Å². The van der Waals surface area contributed by atoms with Crippen LogP contribution in [0.2, 0.25) is 0 Å². The number of carbonyl (C=O) groups excluding carboxylic acids is 1. The largest absolute Gasteiger partial charge is 0.480 e. The second-order valence-electron chi connectivity index (χ2n) is 5.71. The second-order valence-corrected chi connectivity index (χ2v) is 5.71. The van der Waals surface area contributed by atoms with Gasteiger partial charge in [-0.25, -0.2) is 10.3 Å². The molecule has 5 heteroatoms. The predicted molar refractivity (Wildman–Crippen MR) is 76.5 cm³/mol. The molecule has 114 valence electrons. The van der Waals surface area contributed by atoms with Crippen LogP contribution in [0.3, 0.4) is 0 Å². The van der Waals surface area contributed by atoms with E-state index in [0.717, 1.165) is 37.0 Å². The van der Waals surface area contributed by atoms with Gasteiger partial charge in [-0.2, -0.15) is 0 Å². The maximum absolute atomic E-state index is 12.2. The number of carbonyl (C=O) groups is 1. The Bertz CT molecular complexity index is 499. The van der Waals surface area contributed by atoms with Gasteiger partial charge in [-0.3, -0.25) is 4.79 Å². The van der Waals surface area contributed by atoms with Crippen molar-refractivity contribution in [2.45, 2.75) is 45.0 Å².